The molecule has 5 atom stereocenters. The Morgan fingerprint density at radius 1 is 1.03 bits per heavy atom. The van der Waals surface area contributed by atoms with Gasteiger partial charge in [-0.3, -0.25) is 29.4 Å². The zero-order chi connectivity index (χ0) is 44.7. The monoisotopic (exact) mass is 895 g/mol. The Morgan fingerprint density at radius 3 is 2.61 bits per heavy atom. The lowest BCUT2D eigenvalue weighted by Gasteiger charge is -2.43. The molecule has 6 heterocycles. The number of fused-ring (bicyclic) bond motifs is 3. The van der Waals surface area contributed by atoms with Crippen molar-refractivity contribution < 1.29 is 32.3 Å². The van der Waals surface area contributed by atoms with E-state index in [1.165, 1.54) is 9.21 Å². The van der Waals surface area contributed by atoms with Crippen LogP contribution in [0.5, 0.6) is 0 Å². The summed E-state index contributed by atoms with van der Waals surface area (Å²) in [6.07, 6.45) is 4.74. The molecule has 64 heavy (non-hydrogen) atoms. The number of alkyl halides is 1. The van der Waals surface area contributed by atoms with Crippen LogP contribution in [-0.4, -0.2) is 130 Å². The summed E-state index contributed by atoms with van der Waals surface area (Å²) in [6.45, 7) is 8.84. The molecule has 2 aliphatic carbocycles. The average molecular weight is 896 g/mol. The number of rotatable bonds is 10. The normalized spacial score (nSPS) is 26.1. The number of aliphatic hydroxyl groups excluding tert-OH is 1. The Bertz CT molecular complexity index is 2670. The molecule has 2 aromatic heterocycles. The quantitative estimate of drug-likeness (QED) is 0.207. The smallest absolute Gasteiger partial charge is 0.329 e. The number of nitrogens with one attached hydrogen (secondary N) is 2. The van der Waals surface area contributed by atoms with Crippen molar-refractivity contribution in [2.45, 2.75) is 93.0 Å². The second kappa shape index (κ2) is 16.1. The Labute approximate surface area is 371 Å². The van der Waals surface area contributed by atoms with E-state index in [4.69, 9.17) is 4.98 Å². The zero-order valence-corrected chi connectivity index (χ0v) is 36.9. The molecule has 5 fully saturated rings. The molecule has 2 saturated carbocycles. The van der Waals surface area contributed by atoms with Crippen molar-refractivity contribution in [3.05, 3.63) is 66.4 Å². The first-order chi connectivity index (χ1) is 30.7. The van der Waals surface area contributed by atoms with E-state index >= 15 is 4.39 Å². The summed E-state index contributed by atoms with van der Waals surface area (Å²) in [4.78, 5) is 55.0. The highest BCUT2D eigenvalue weighted by molar-refractivity contribution is 7.89. The molecule has 338 valence electrons. The van der Waals surface area contributed by atoms with Crippen LogP contribution in [0.15, 0.2) is 60.1 Å². The van der Waals surface area contributed by atoms with E-state index in [1.807, 2.05) is 25.2 Å². The highest BCUT2D eigenvalue weighted by atomic mass is 32.2. The molecule has 4 aromatic rings. The number of nitrogens with zero attached hydrogens (tertiary/aromatic N) is 9. The van der Waals surface area contributed by atoms with Crippen molar-refractivity contribution in [1.29, 1.82) is 0 Å². The summed E-state index contributed by atoms with van der Waals surface area (Å²) in [5, 5.41) is 21.3. The number of hydrogen-bond donors (Lipinski definition) is 3. The molecule has 3 N–H and O–H groups in total. The molecule has 19 heteroatoms. The number of aromatic nitrogens is 4. The van der Waals surface area contributed by atoms with E-state index in [2.05, 4.69) is 50.1 Å². The molecular weight excluding hydrogens is 842 g/mol. The molecule has 0 radical (unpaired) electrons. The van der Waals surface area contributed by atoms with E-state index in [0.717, 1.165) is 54.3 Å². The number of aliphatic hydroxyl groups is 1. The van der Waals surface area contributed by atoms with Gasteiger partial charge in [-0.25, -0.2) is 22.6 Å². The number of halogens is 1. The van der Waals surface area contributed by atoms with Crippen LogP contribution in [-0.2, 0) is 32.1 Å². The topological polar surface area (TPSA) is 189 Å². The third-order valence-corrected chi connectivity index (χ3v) is 16.2. The number of hydrogen-bond acceptors (Lipinski definition) is 12. The van der Waals surface area contributed by atoms with Crippen molar-refractivity contribution in [3.63, 3.8) is 0 Å². The van der Waals surface area contributed by atoms with Crippen molar-refractivity contribution in [3.8, 4) is 0 Å². The first-order valence-corrected chi connectivity index (χ1v) is 23.8. The summed E-state index contributed by atoms with van der Waals surface area (Å²) in [6, 6.07) is 12.2. The van der Waals surface area contributed by atoms with Crippen LogP contribution in [0.1, 0.15) is 69.4 Å². The van der Waals surface area contributed by atoms with Gasteiger partial charge in [0.25, 0.3) is 0 Å². The SMILES string of the molecule is C=C(c1cccc(S(=O)(=O)N2CCC(CNc3ncc4c(n3)N([C@@H]3CCC[C@@H](O)C3)C(=O)C43CC3)[C@H](F)C2)c1)N1CCN(c2ccc3c(N4CCC(=O)NC4=O)nn(C)c3c2)C[C@H]1C. The highest BCUT2D eigenvalue weighted by Crippen LogP contribution is 2.57. The number of piperidine rings is 1. The molecule has 4 amide bonds. The van der Waals surface area contributed by atoms with Crippen molar-refractivity contribution in [2.75, 3.05) is 65.8 Å². The number of amides is 4. The molecule has 0 bridgehead atoms. The van der Waals surface area contributed by atoms with Crippen LogP contribution >= 0.6 is 0 Å². The van der Waals surface area contributed by atoms with E-state index in [9.17, 15) is 27.9 Å². The molecule has 6 aliphatic rings. The summed E-state index contributed by atoms with van der Waals surface area (Å²) < 4.78 is 46.9. The number of carbonyl (C=O) groups excluding carboxylic acids is 3. The molecule has 4 aliphatic heterocycles. The lowest BCUT2D eigenvalue weighted by atomic mass is 9.92. The fourth-order valence-corrected chi connectivity index (χ4v) is 12.0. The van der Waals surface area contributed by atoms with Gasteiger partial charge >= 0.3 is 6.03 Å². The van der Waals surface area contributed by atoms with Crippen molar-refractivity contribution in [2.24, 2.45) is 13.0 Å². The standard InChI is InChI=1S/C45H54FN11O6S/c1-27-25-53(31-10-11-35-38(22-31)52(3)51-40(35)56-17-13-39(59)49-44(56)61)18-19-55(27)28(2)29-6-4-9-34(20-29)64(62,63)54-16-12-30(37(46)26-54)23-47-43-48-24-36-41(50-43)57(42(60)45(36)14-15-45)32-7-5-8-33(58)21-32/h4,6,9-11,20,22,24,27,30,32-33,37,58H,2,5,7-8,12-19,21,23,25-26H2,1,3H3,(H,47,48,50)(H,49,59,61)/t27-,30?,32-,33-,37-/m1/s1. The van der Waals surface area contributed by atoms with Gasteiger partial charge in [-0.1, -0.05) is 18.7 Å². The van der Waals surface area contributed by atoms with Gasteiger partial charge in [-0.05, 0) is 87.8 Å². The number of carbonyl (C=O) groups is 3. The van der Waals surface area contributed by atoms with Crippen LogP contribution in [0.25, 0.3) is 16.6 Å². The summed E-state index contributed by atoms with van der Waals surface area (Å²) >= 11 is 0. The maximum atomic E-state index is 15.9. The number of anilines is 4. The number of piperazine rings is 1. The summed E-state index contributed by atoms with van der Waals surface area (Å²) in [5.74, 6) is 0.650. The number of imide groups is 1. The Kier molecular flexibility index (Phi) is 10.6. The van der Waals surface area contributed by atoms with Crippen LogP contribution in [0.3, 0.4) is 0 Å². The fourth-order valence-electron chi connectivity index (χ4n) is 10.5. The van der Waals surface area contributed by atoms with Gasteiger partial charge in [0.1, 0.15) is 12.0 Å². The van der Waals surface area contributed by atoms with Gasteiger partial charge in [0.05, 0.1) is 21.9 Å². The molecule has 2 aromatic carbocycles. The first-order valence-electron chi connectivity index (χ1n) is 22.4. The van der Waals surface area contributed by atoms with Crippen molar-refractivity contribution in [1.82, 2.24) is 34.3 Å². The van der Waals surface area contributed by atoms with Crippen LogP contribution in [0.2, 0.25) is 0 Å². The number of sulfonamides is 1. The minimum absolute atomic E-state index is 0.0261. The minimum atomic E-state index is -4.02. The number of aryl methyl sites for hydroxylation is 1. The van der Waals surface area contributed by atoms with Gasteiger partial charge in [0.15, 0.2) is 5.82 Å². The maximum Gasteiger partial charge on any atom is 0.329 e. The van der Waals surface area contributed by atoms with Crippen LogP contribution < -0.4 is 25.3 Å². The number of benzene rings is 2. The number of urea groups is 1. The fraction of sp³-hybridized carbons (Fsp3) is 0.511. The van der Waals surface area contributed by atoms with E-state index in [1.54, 1.807) is 34.0 Å². The summed E-state index contributed by atoms with van der Waals surface area (Å²) in [7, 11) is -2.19. The lowest BCUT2D eigenvalue weighted by Crippen LogP contribution is -2.50. The van der Waals surface area contributed by atoms with Gasteiger partial charge in [0, 0.05) is 106 Å². The predicted octanol–water partition coefficient (Wildman–Crippen LogP) is 4.13. The molecule has 17 nitrogen and oxygen atoms in total. The molecule has 10 rings (SSSR count). The largest absolute Gasteiger partial charge is 0.393 e. The van der Waals surface area contributed by atoms with E-state index < -0.39 is 39.7 Å². The molecule has 1 unspecified atom stereocenters. The molecule has 1 spiro atoms. The molecule has 3 saturated heterocycles. The first kappa shape index (κ1) is 42.3. The second-order valence-electron chi connectivity index (χ2n) is 18.3. The van der Waals surface area contributed by atoms with Gasteiger partial charge in [-0.15, -0.1) is 0 Å². The van der Waals surface area contributed by atoms with Crippen LogP contribution in [0, 0.1) is 5.92 Å². The third kappa shape index (κ3) is 7.34. The maximum absolute atomic E-state index is 15.9. The van der Waals surface area contributed by atoms with Gasteiger partial charge in [0.2, 0.25) is 27.8 Å². The highest BCUT2D eigenvalue weighted by Gasteiger charge is 2.61. The lowest BCUT2D eigenvalue weighted by molar-refractivity contribution is -0.121. The van der Waals surface area contributed by atoms with E-state index in [0.29, 0.717) is 61.3 Å². The Hall–Kier alpha value is -5.66. The average Bonchev–Trinajstić information content (AvgIpc) is 3.98. The van der Waals surface area contributed by atoms with Gasteiger partial charge < -0.3 is 20.2 Å². The second-order valence-corrected chi connectivity index (χ2v) is 20.3. The van der Waals surface area contributed by atoms with Crippen molar-refractivity contribution >= 4 is 67.7 Å². The summed E-state index contributed by atoms with van der Waals surface area (Å²) in [5.41, 5.74) is 3.50. The minimum Gasteiger partial charge on any atom is -0.393 e. The Morgan fingerprint density at radius 2 is 1.86 bits per heavy atom. The third-order valence-electron chi connectivity index (χ3n) is 14.3. The van der Waals surface area contributed by atoms with E-state index in [-0.39, 0.29) is 61.4 Å². The molecular formula is C45H54FN11O6S. The Balaban J connectivity index is 0.760. The van der Waals surface area contributed by atoms with Crippen LogP contribution in [0.4, 0.5) is 32.5 Å². The predicted molar refractivity (Wildman–Crippen MR) is 239 cm³/mol. The zero-order valence-electron chi connectivity index (χ0n) is 36.1. The van der Waals surface area contributed by atoms with Gasteiger partial charge in [-0.2, -0.15) is 14.4 Å².